The average Bonchev–Trinajstić information content (AvgIpc) is 3.44. The summed E-state index contributed by atoms with van der Waals surface area (Å²) >= 11 is 3.42. The zero-order valence-electron chi connectivity index (χ0n) is 20.2. The van der Waals surface area contributed by atoms with E-state index < -0.39 is 18.0 Å². The summed E-state index contributed by atoms with van der Waals surface area (Å²) in [7, 11) is 0. The fourth-order valence-corrected chi connectivity index (χ4v) is 8.42. The Bertz CT molecular complexity index is 903. The van der Waals surface area contributed by atoms with Crippen molar-refractivity contribution in [1.29, 1.82) is 0 Å². The maximum atomic E-state index is 13.6. The van der Waals surface area contributed by atoms with Crippen molar-refractivity contribution in [2.45, 2.75) is 109 Å². The molecule has 0 radical (unpaired) electrons. The lowest BCUT2D eigenvalue weighted by Crippen LogP contribution is -2.31. The Morgan fingerprint density at radius 2 is 1.55 bits per heavy atom. The van der Waals surface area contributed by atoms with Gasteiger partial charge in [0.15, 0.2) is 0 Å². The third kappa shape index (κ3) is 5.83. The molecule has 2 heterocycles. The van der Waals surface area contributed by atoms with Crippen LogP contribution in [-0.2, 0) is 0 Å². The summed E-state index contributed by atoms with van der Waals surface area (Å²) in [6, 6.07) is 0. The second kappa shape index (κ2) is 10.3. The van der Waals surface area contributed by atoms with Crippen LogP contribution in [0.15, 0.2) is 12.4 Å². The maximum absolute atomic E-state index is 13.6. The Kier molecular flexibility index (Phi) is 7.89. The quantitative estimate of drug-likeness (QED) is 0.396. The summed E-state index contributed by atoms with van der Waals surface area (Å²) in [6.07, 6.45) is 6.92. The summed E-state index contributed by atoms with van der Waals surface area (Å²) in [5.41, 5.74) is 0. The van der Waals surface area contributed by atoms with Gasteiger partial charge < -0.3 is 0 Å². The smallest absolute Gasteiger partial charge is 0.249 e. The summed E-state index contributed by atoms with van der Waals surface area (Å²) in [5, 5.41) is 2.26. The van der Waals surface area contributed by atoms with E-state index >= 15 is 0 Å². The predicted molar refractivity (Wildman–Crippen MR) is 131 cm³/mol. The highest BCUT2D eigenvalue weighted by atomic mass is 32.1. The maximum Gasteiger partial charge on any atom is 0.392 e. The average molecular weight is 499 g/mol. The van der Waals surface area contributed by atoms with E-state index in [0.717, 1.165) is 22.7 Å². The van der Waals surface area contributed by atoms with Gasteiger partial charge in [-0.1, -0.05) is 40.5 Å². The SMILES string of the molecule is CC(C)c1ncc(C2CCC(CC(C)c3ncc(C4CCCCC4C(F)(F)F)s3)CC2C)s1. The summed E-state index contributed by atoms with van der Waals surface area (Å²) in [4.78, 5) is 11.5. The second-order valence-corrected chi connectivity index (χ2v) is 13.0. The fourth-order valence-electron chi connectivity index (χ4n) is 6.05. The highest BCUT2D eigenvalue weighted by Gasteiger charge is 2.46. The van der Waals surface area contributed by atoms with Crippen molar-refractivity contribution in [3.63, 3.8) is 0 Å². The number of hydrogen-bond donors (Lipinski definition) is 0. The van der Waals surface area contributed by atoms with E-state index in [1.165, 1.54) is 29.1 Å². The molecule has 0 aliphatic heterocycles. The van der Waals surface area contributed by atoms with E-state index in [1.54, 1.807) is 17.5 Å². The van der Waals surface area contributed by atoms with Crippen LogP contribution < -0.4 is 0 Å². The summed E-state index contributed by atoms with van der Waals surface area (Å²) < 4.78 is 40.7. The zero-order chi connectivity index (χ0) is 23.8. The molecule has 0 amide bonds. The van der Waals surface area contributed by atoms with Crippen molar-refractivity contribution in [3.8, 4) is 0 Å². The van der Waals surface area contributed by atoms with E-state index in [-0.39, 0.29) is 6.42 Å². The molecule has 7 heteroatoms. The van der Waals surface area contributed by atoms with Gasteiger partial charge in [0, 0.05) is 39.9 Å². The van der Waals surface area contributed by atoms with Gasteiger partial charge in [0.05, 0.1) is 15.9 Å². The van der Waals surface area contributed by atoms with Crippen LogP contribution in [0.1, 0.15) is 123 Å². The second-order valence-electron chi connectivity index (χ2n) is 10.8. The van der Waals surface area contributed by atoms with Crippen LogP contribution in [0.25, 0.3) is 0 Å². The van der Waals surface area contributed by atoms with Crippen LogP contribution >= 0.6 is 22.7 Å². The predicted octanol–water partition coefficient (Wildman–Crippen LogP) is 9.27. The molecule has 33 heavy (non-hydrogen) atoms. The molecule has 184 valence electrons. The van der Waals surface area contributed by atoms with E-state index in [1.807, 2.05) is 11.3 Å². The first kappa shape index (κ1) is 25.2. The molecule has 0 aromatic carbocycles. The lowest BCUT2D eigenvalue weighted by molar-refractivity contribution is -0.187. The van der Waals surface area contributed by atoms with Crippen LogP contribution in [0.2, 0.25) is 0 Å². The molecule has 0 spiro atoms. The molecule has 2 aromatic heterocycles. The summed E-state index contributed by atoms with van der Waals surface area (Å²) in [5.74, 6) is 1.10. The Balaban J connectivity index is 1.35. The van der Waals surface area contributed by atoms with Gasteiger partial charge in [-0.15, -0.1) is 22.7 Å². The molecule has 0 N–H and O–H groups in total. The minimum atomic E-state index is -4.11. The Hall–Kier alpha value is -0.950. The van der Waals surface area contributed by atoms with Gasteiger partial charge in [-0.3, -0.25) is 0 Å². The molecule has 6 unspecified atom stereocenters. The molecule has 4 rings (SSSR count). The number of aromatic nitrogens is 2. The van der Waals surface area contributed by atoms with Gasteiger partial charge in [0.25, 0.3) is 0 Å². The first-order valence-corrected chi connectivity index (χ1v) is 14.2. The van der Waals surface area contributed by atoms with Crippen LogP contribution in [0.5, 0.6) is 0 Å². The van der Waals surface area contributed by atoms with Gasteiger partial charge in [0.1, 0.15) is 0 Å². The zero-order valence-corrected chi connectivity index (χ0v) is 21.8. The van der Waals surface area contributed by atoms with Crippen molar-refractivity contribution in [2.24, 2.45) is 17.8 Å². The van der Waals surface area contributed by atoms with Crippen molar-refractivity contribution in [3.05, 3.63) is 32.2 Å². The molecule has 2 aliphatic rings. The van der Waals surface area contributed by atoms with Crippen LogP contribution in [-0.4, -0.2) is 16.1 Å². The Morgan fingerprint density at radius 1 is 0.909 bits per heavy atom. The molecule has 0 bridgehead atoms. The molecular formula is C26H37F3N2S2. The topological polar surface area (TPSA) is 25.8 Å². The largest absolute Gasteiger partial charge is 0.392 e. The molecule has 2 aromatic rings. The molecule has 2 nitrogen and oxygen atoms in total. The third-order valence-electron chi connectivity index (χ3n) is 7.88. The number of alkyl halides is 3. The standard InChI is InChI=1S/C26H37F3N2S2/c1-15(2)24-30-13-22(32-24)19-10-9-18(11-16(19)3)12-17(4)25-31-14-23(33-25)20-7-5-6-8-21(20)26(27,28)29/h13-21H,5-12H2,1-4H3. The number of nitrogens with zero attached hydrogens (tertiary/aromatic N) is 2. The molecule has 2 aliphatic carbocycles. The fraction of sp³-hybridized carbons (Fsp3) is 0.769. The van der Waals surface area contributed by atoms with Crippen molar-refractivity contribution in [2.75, 3.05) is 0 Å². The van der Waals surface area contributed by atoms with E-state index in [9.17, 15) is 13.2 Å². The number of halogens is 3. The van der Waals surface area contributed by atoms with Crippen molar-refractivity contribution < 1.29 is 13.2 Å². The third-order valence-corrected chi connectivity index (χ3v) is 10.7. The summed E-state index contributed by atoms with van der Waals surface area (Å²) in [6.45, 7) is 8.98. The number of rotatable bonds is 6. The van der Waals surface area contributed by atoms with Gasteiger partial charge in [-0.05, 0) is 56.3 Å². The van der Waals surface area contributed by atoms with Crippen molar-refractivity contribution >= 4 is 22.7 Å². The normalized spacial score (nSPS) is 30.0. The molecule has 2 fully saturated rings. The highest BCUT2D eigenvalue weighted by Crippen LogP contribution is 2.49. The van der Waals surface area contributed by atoms with Gasteiger partial charge >= 0.3 is 6.18 Å². The molecular weight excluding hydrogens is 461 g/mol. The van der Waals surface area contributed by atoms with Gasteiger partial charge in [-0.2, -0.15) is 13.2 Å². The van der Waals surface area contributed by atoms with Crippen LogP contribution in [0.3, 0.4) is 0 Å². The number of thiazole rings is 2. The van der Waals surface area contributed by atoms with Gasteiger partial charge in [-0.25, -0.2) is 9.97 Å². The lowest BCUT2D eigenvalue weighted by Gasteiger charge is -2.34. The highest BCUT2D eigenvalue weighted by molar-refractivity contribution is 7.12. The number of hydrogen-bond acceptors (Lipinski definition) is 4. The molecule has 2 saturated carbocycles. The van der Waals surface area contributed by atoms with Crippen LogP contribution in [0.4, 0.5) is 13.2 Å². The Labute approximate surface area is 204 Å². The lowest BCUT2D eigenvalue weighted by atomic mass is 9.72. The first-order chi connectivity index (χ1) is 15.6. The van der Waals surface area contributed by atoms with Gasteiger partial charge in [0.2, 0.25) is 0 Å². The minimum absolute atomic E-state index is 0.260. The van der Waals surface area contributed by atoms with Crippen LogP contribution in [0, 0.1) is 17.8 Å². The Morgan fingerprint density at radius 3 is 2.18 bits per heavy atom. The van der Waals surface area contributed by atoms with E-state index in [4.69, 9.17) is 0 Å². The monoisotopic (exact) mass is 498 g/mol. The minimum Gasteiger partial charge on any atom is -0.249 e. The van der Waals surface area contributed by atoms with E-state index in [2.05, 4.69) is 43.9 Å². The first-order valence-electron chi connectivity index (χ1n) is 12.6. The van der Waals surface area contributed by atoms with Crippen molar-refractivity contribution in [1.82, 2.24) is 9.97 Å². The molecule has 0 saturated heterocycles. The molecule has 6 atom stereocenters. The van der Waals surface area contributed by atoms with E-state index in [0.29, 0.717) is 42.4 Å².